The van der Waals surface area contributed by atoms with Gasteiger partial charge in [0.1, 0.15) is 0 Å². The Balaban J connectivity index is 2.00. The van der Waals surface area contributed by atoms with Crippen LogP contribution in [0.25, 0.3) is 0 Å². The van der Waals surface area contributed by atoms with E-state index in [1.165, 1.54) is 28.4 Å². The summed E-state index contributed by atoms with van der Waals surface area (Å²) in [7, 11) is 0. The summed E-state index contributed by atoms with van der Waals surface area (Å²) in [5, 5.41) is 4.89. The third-order valence-electron chi connectivity index (χ3n) is 3.84. The summed E-state index contributed by atoms with van der Waals surface area (Å²) < 4.78 is 6.04. The first-order valence-corrected chi connectivity index (χ1v) is 8.23. The van der Waals surface area contributed by atoms with Gasteiger partial charge in [0.25, 0.3) is 0 Å². The Morgan fingerprint density at radius 3 is 2.74 bits per heavy atom. The fraction of sp³-hybridized carbons (Fsp3) is 0.800. The Kier molecular flexibility index (Phi) is 5.37. The van der Waals surface area contributed by atoms with Crippen LogP contribution in [0, 0.1) is 13.8 Å². The zero-order valence-corrected chi connectivity index (χ0v) is 13.3. The smallest absolute Gasteiger partial charge is 0.0947 e. The van der Waals surface area contributed by atoms with Gasteiger partial charge in [0, 0.05) is 17.3 Å². The van der Waals surface area contributed by atoms with Gasteiger partial charge in [-0.1, -0.05) is 6.92 Å². The zero-order chi connectivity index (χ0) is 13.8. The molecule has 2 heterocycles. The minimum absolute atomic E-state index is 0.353. The third kappa shape index (κ3) is 4.01. The topological polar surface area (TPSA) is 34.2 Å². The summed E-state index contributed by atoms with van der Waals surface area (Å²) in [6.45, 7) is 9.69. The molecule has 0 saturated carbocycles. The maximum atomic E-state index is 6.04. The first kappa shape index (κ1) is 14.9. The van der Waals surface area contributed by atoms with Gasteiger partial charge in [0.15, 0.2) is 0 Å². The molecule has 0 bridgehead atoms. The lowest BCUT2D eigenvalue weighted by molar-refractivity contribution is 0.0320. The molecule has 1 N–H and O–H groups in total. The van der Waals surface area contributed by atoms with Crippen LogP contribution < -0.4 is 5.32 Å². The van der Waals surface area contributed by atoms with Crippen LogP contribution in [0.5, 0.6) is 0 Å². The van der Waals surface area contributed by atoms with Crippen LogP contribution in [-0.4, -0.2) is 29.8 Å². The van der Waals surface area contributed by atoms with Gasteiger partial charge in [0.2, 0.25) is 0 Å². The highest BCUT2D eigenvalue weighted by molar-refractivity contribution is 7.11. The van der Waals surface area contributed by atoms with Crippen molar-refractivity contribution in [3.05, 3.63) is 15.6 Å². The van der Waals surface area contributed by atoms with Crippen molar-refractivity contribution in [2.24, 2.45) is 0 Å². The predicted octanol–water partition coefficient (Wildman–Crippen LogP) is 3.24. The van der Waals surface area contributed by atoms with E-state index in [0.717, 1.165) is 19.4 Å². The van der Waals surface area contributed by atoms with E-state index in [1.54, 1.807) is 0 Å². The minimum Gasteiger partial charge on any atom is -0.374 e. The second-order valence-corrected chi connectivity index (χ2v) is 6.86. The number of aromatic nitrogens is 1. The number of ether oxygens (including phenoxy) is 1. The van der Waals surface area contributed by atoms with E-state index in [2.05, 4.69) is 38.0 Å². The first-order valence-electron chi connectivity index (χ1n) is 7.42. The fourth-order valence-corrected chi connectivity index (χ4v) is 3.60. The predicted molar refractivity (Wildman–Crippen MR) is 80.9 cm³/mol. The van der Waals surface area contributed by atoms with Gasteiger partial charge in [-0.05, 0) is 46.6 Å². The van der Waals surface area contributed by atoms with Crippen molar-refractivity contribution < 1.29 is 4.74 Å². The molecule has 19 heavy (non-hydrogen) atoms. The maximum Gasteiger partial charge on any atom is 0.0947 e. The van der Waals surface area contributed by atoms with Gasteiger partial charge in [0.05, 0.1) is 22.9 Å². The van der Waals surface area contributed by atoms with Gasteiger partial charge in [-0.15, -0.1) is 11.3 Å². The van der Waals surface area contributed by atoms with Gasteiger partial charge in [-0.3, -0.25) is 0 Å². The molecule has 3 unspecified atom stereocenters. The van der Waals surface area contributed by atoms with Crippen molar-refractivity contribution in [1.29, 1.82) is 0 Å². The number of rotatable bonds is 6. The molecule has 0 amide bonds. The van der Waals surface area contributed by atoms with E-state index >= 15 is 0 Å². The lowest BCUT2D eigenvalue weighted by Gasteiger charge is -2.24. The fourth-order valence-electron chi connectivity index (χ4n) is 2.61. The highest BCUT2D eigenvalue weighted by atomic mass is 32.1. The summed E-state index contributed by atoms with van der Waals surface area (Å²) in [5.74, 6) is 0. The van der Waals surface area contributed by atoms with E-state index in [1.807, 2.05) is 11.3 Å². The normalized spacial score (nSPS) is 24.8. The van der Waals surface area contributed by atoms with Crippen molar-refractivity contribution in [2.45, 2.75) is 71.6 Å². The molecule has 2 rings (SSSR count). The molecule has 1 saturated heterocycles. The standard InChI is InChI=1S/C15H26N2OS/c1-5-8-16-13(14-7-6-10(2)18-14)9-15-17-11(3)12(4)19-15/h10,13-14,16H,5-9H2,1-4H3. The van der Waals surface area contributed by atoms with E-state index in [-0.39, 0.29) is 0 Å². The van der Waals surface area contributed by atoms with E-state index < -0.39 is 0 Å². The Morgan fingerprint density at radius 2 is 2.21 bits per heavy atom. The molecule has 108 valence electrons. The van der Waals surface area contributed by atoms with Crippen molar-refractivity contribution in [2.75, 3.05) is 6.54 Å². The monoisotopic (exact) mass is 282 g/mol. The van der Waals surface area contributed by atoms with E-state index in [9.17, 15) is 0 Å². The summed E-state index contributed by atoms with van der Waals surface area (Å²) in [5.41, 5.74) is 1.18. The van der Waals surface area contributed by atoms with Gasteiger partial charge >= 0.3 is 0 Å². The third-order valence-corrected chi connectivity index (χ3v) is 4.93. The molecule has 1 aromatic rings. The largest absolute Gasteiger partial charge is 0.374 e. The molecule has 3 atom stereocenters. The number of hydrogen-bond acceptors (Lipinski definition) is 4. The lowest BCUT2D eigenvalue weighted by Crippen LogP contribution is -2.42. The number of nitrogens with one attached hydrogen (secondary N) is 1. The van der Waals surface area contributed by atoms with Gasteiger partial charge < -0.3 is 10.1 Å². The number of thiazole rings is 1. The molecule has 1 aliphatic heterocycles. The molecule has 1 fully saturated rings. The average molecular weight is 282 g/mol. The molecule has 0 aliphatic carbocycles. The minimum atomic E-state index is 0.353. The number of aryl methyl sites for hydroxylation is 2. The van der Waals surface area contributed by atoms with Crippen LogP contribution >= 0.6 is 11.3 Å². The Labute approximate surface area is 120 Å². The Bertz CT molecular complexity index is 385. The van der Waals surface area contributed by atoms with Crippen LogP contribution in [-0.2, 0) is 11.2 Å². The van der Waals surface area contributed by atoms with E-state index in [4.69, 9.17) is 4.74 Å². The number of nitrogens with zero attached hydrogens (tertiary/aromatic N) is 1. The first-order chi connectivity index (χ1) is 9.10. The van der Waals surface area contributed by atoms with Crippen LogP contribution in [0.1, 0.15) is 48.7 Å². The second kappa shape index (κ2) is 6.82. The maximum absolute atomic E-state index is 6.04. The quantitative estimate of drug-likeness (QED) is 0.870. The van der Waals surface area contributed by atoms with Crippen molar-refractivity contribution in [3.63, 3.8) is 0 Å². The Hall–Kier alpha value is -0.450. The molecular formula is C15H26N2OS. The molecular weight excluding hydrogens is 256 g/mol. The SMILES string of the molecule is CCCNC(Cc1nc(C)c(C)s1)C1CCC(C)O1. The van der Waals surface area contributed by atoms with Crippen molar-refractivity contribution in [1.82, 2.24) is 10.3 Å². The van der Waals surface area contributed by atoms with Gasteiger partial charge in [-0.25, -0.2) is 4.98 Å². The summed E-state index contributed by atoms with van der Waals surface area (Å²) >= 11 is 1.83. The van der Waals surface area contributed by atoms with E-state index in [0.29, 0.717) is 18.2 Å². The summed E-state index contributed by atoms with van der Waals surface area (Å²) in [4.78, 5) is 6.01. The molecule has 1 aliphatic rings. The Morgan fingerprint density at radius 1 is 1.42 bits per heavy atom. The molecule has 3 nitrogen and oxygen atoms in total. The van der Waals surface area contributed by atoms with Crippen molar-refractivity contribution in [3.8, 4) is 0 Å². The number of hydrogen-bond donors (Lipinski definition) is 1. The van der Waals surface area contributed by atoms with Crippen LogP contribution in [0.4, 0.5) is 0 Å². The van der Waals surface area contributed by atoms with Gasteiger partial charge in [-0.2, -0.15) is 0 Å². The summed E-state index contributed by atoms with van der Waals surface area (Å²) in [6, 6.07) is 0.412. The molecule has 4 heteroatoms. The second-order valence-electron chi connectivity index (χ2n) is 5.58. The van der Waals surface area contributed by atoms with Crippen LogP contribution in [0.15, 0.2) is 0 Å². The average Bonchev–Trinajstić information content (AvgIpc) is 2.92. The zero-order valence-electron chi connectivity index (χ0n) is 12.5. The molecule has 0 radical (unpaired) electrons. The van der Waals surface area contributed by atoms with Crippen LogP contribution in [0.3, 0.4) is 0 Å². The highest BCUT2D eigenvalue weighted by Gasteiger charge is 2.30. The molecule has 0 spiro atoms. The molecule has 1 aromatic heterocycles. The van der Waals surface area contributed by atoms with Crippen LogP contribution in [0.2, 0.25) is 0 Å². The highest BCUT2D eigenvalue weighted by Crippen LogP contribution is 2.25. The lowest BCUT2D eigenvalue weighted by atomic mass is 10.0. The summed E-state index contributed by atoms with van der Waals surface area (Å²) in [6.07, 6.45) is 5.28. The van der Waals surface area contributed by atoms with Crippen molar-refractivity contribution >= 4 is 11.3 Å². The molecule has 0 aromatic carbocycles.